The van der Waals surface area contributed by atoms with E-state index < -0.39 is 0 Å². The van der Waals surface area contributed by atoms with Crippen molar-refractivity contribution in [2.75, 3.05) is 13.1 Å². The molecule has 1 rings (SSSR count). The van der Waals surface area contributed by atoms with E-state index in [4.69, 9.17) is 0 Å². The van der Waals surface area contributed by atoms with Gasteiger partial charge in [0, 0.05) is 13.3 Å². The van der Waals surface area contributed by atoms with Crippen molar-refractivity contribution >= 4 is 6.21 Å². The van der Waals surface area contributed by atoms with E-state index in [9.17, 15) is 5.11 Å². The van der Waals surface area contributed by atoms with Gasteiger partial charge in [-0.05, 0) is 32.6 Å². The van der Waals surface area contributed by atoms with Gasteiger partial charge in [0.25, 0.3) is 0 Å². The number of unbranched alkanes of at least 4 members (excludes halogenated alkanes) is 11. The van der Waals surface area contributed by atoms with Gasteiger partial charge in [0.15, 0.2) is 12.4 Å². The number of nitrogens with zero attached hydrogens (tertiary/aromatic N) is 2. The van der Waals surface area contributed by atoms with Crippen LogP contribution in [0.2, 0.25) is 0 Å². The molecule has 158 valence electrons. The van der Waals surface area contributed by atoms with Crippen molar-refractivity contribution in [3.05, 3.63) is 12.2 Å². The maximum absolute atomic E-state index is 10.2. The lowest BCUT2D eigenvalue weighted by Crippen LogP contribution is -2.57. The van der Waals surface area contributed by atoms with E-state index in [0.29, 0.717) is 0 Å². The molecule has 3 nitrogen and oxygen atoms in total. The molecule has 0 fully saturated rings. The lowest BCUT2D eigenvalue weighted by atomic mass is 10.1. The van der Waals surface area contributed by atoms with Crippen LogP contribution in [0.25, 0.3) is 0 Å². The summed E-state index contributed by atoms with van der Waals surface area (Å²) in [5.74, 6) is 0. The van der Waals surface area contributed by atoms with Gasteiger partial charge in [-0.2, -0.15) is 0 Å². The summed E-state index contributed by atoms with van der Waals surface area (Å²) in [4.78, 5) is 4.65. The molecular weight excluding hydrogens is 332 g/mol. The van der Waals surface area contributed by atoms with Gasteiger partial charge in [-0.25, -0.2) is 4.99 Å². The number of aliphatic hydroxyl groups excluding tert-OH is 1. The highest BCUT2D eigenvalue weighted by molar-refractivity contribution is 5.60. The van der Waals surface area contributed by atoms with E-state index in [2.05, 4.69) is 31.0 Å². The molecule has 1 aliphatic rings. The number of hydrogen-bond acceptors (Lipinski definition) is 2. The first-order chi connectivity index (χ1) is 13.2. The number of quaternary nitrogens is 1. The second-order valence-electron chi connectivity index (χ2n) is 8.42. The second-order valence-corrected chi connectivity index (χ2v) is 8.42. The molecule has 0 aliphatic carbocycles. The Bertz CT molecular complexity index is 405. The Morgan fingerprint density at radius 3 is 2.04 bits per heavy atom. The highest BCUT2D eigenvalue weighted by atomic mass is 16.3. The predicted molar refractivity (Wildman–Crippen MR) is 119 cm³/mol. The Kier molecular flexibility index (Phi) is 13.8. The molecule has 0 aromatic heterocycles. The van der Waals surface area contributed by atoms with Gasteiger partial charge in [-0.3, -0.25) is 4.48 Å². The fourth-order valence-electron chi connectivity index (χ4n) is 4.32. The highest BCUT2D eigenvalue weighted by Gasteiger charge is 2.41. The van der Waals surface area contributed by atoms with Gasteiger partial charge in [-0.15, -0.1) is 0 Å². The van der Waals surface area contributed by atoms with Crippen LogP contribution in [0.15, 0.2) is 17.1 Å². The zero-order chi connectivity index (χ0) is 19.8. The minimum atomic E-state index is -0.325. The molecule has 0 aromatic rings. The summed E-state index contributed by atoms with van der Waals surface area (Å²) in [5, 5.41) is 10.2. The standard InChI is InChI=1S/C24H47N2O/c1-4-6-7-8-9-10-11-12-13-14-15-16-17-18-19-20-24-25-21-22-26(24,5-2)23(3)27/h16-17,21,23-24,27H,4-15,18-20,22H2,1-3H3/q+1/b17-16+. The summed E-state index contributed by atoms with van der Waals surface area (Å²) in [5.41, 5.74) is 0. The third kappa shape index (κ3) is 9.38. The molecule has 1 N–H and O–H groups in total. The van der Waals surface area contributed by atoms with Crippen LogP contribution in [0.4, 0.5) is 0 Å². The van der Waals surface area contributed by atoms with Crippen molar-refractivity contribution in [2.45, 2.75) is 123 Å². The molecule has 1 aliphatic heterocycles. The van der Waals surface area contributed by atoms with Gasteiger partial charge in [0.05, 0.1) is 12.8 Å². The molecule has 0 saturated heterocycles. The summed E-state index contributed by atoms with van der Waals surface area (Å²) >= 11 is 0. The fraction of sp³-hybridized carbons (Fsp3) is 0.875. The average molecular weight is 380 g/mol. The van der Waals surface area contributed by atoms with Crippen LogP contribution < -0.4 is 0 Å². The first-order valence-electron chi connectivity index (χ1n) is 11.9. The number of allylic oxidation sites excluding steroid dienone is 2. The zero-order valence-corrected chi connectivity index (χ0v) is 18.5. The minimum Gasteiger partial charge on any atom is -0.345 e. The Labute approximate surface area is 169 Å². The summed E-state index contributed by atoms with van der Waals surface area (Å²) in [7, 11) is 0. The molecule has 3 atom stereocenters. The summed E-state index contributed by atoms with van der Waals surface area (Å²) in [6, 6.07) is 0. The van der Waals surface area contributed by atoms with Gasteiger partial charge in [-0.1, -0.05) is 76.9 Å². The maximum Gasteiger partial charge on any atom is 0.189 e. The topological polar surface area (TPSA) is 32.6 Å². The molecule has 1 heterocycles. The lowest BCUT2D eigenvalue weighted by Gasteiger charge is -2.40. The molecule has 27 heavy (non-hydrogen) atoms. The number of aliphatic imine (C=N–C) groups is 1. The van der Waals surface area contributed by atoms with Crippen LogP contribution in [-0.2, 0) is 0 Å². The predicted octanol–water partition coefficient (Wildman–Crippen LogP) is 6.61. The molecule has 0 aromatic carbocycles. The monoisotopic (exact) mass is 379 g/mol. The van der Waals surface area contributed by atoms with Gasteiger partial charge >= 0.3 is 0 Å². The SMILES string of the molecule is CCCCCCCCCCCC/C=C/CCCC1N=CC[N+]1(CC)C(C)O. The maximum atomic E-state index is 10.2. The molecule has 3 heteroatoms. The molecule has 0 saturated carbocycles. The van der Waals surface area contributed by atoms with E-state index in [1.54, 1.807) is 0 Å². The lowest BCUT2D eigenvalue weighted by molar-refractivity contribution is -0.976. The zero-order valence-electron chi connectivity index (χ0n) is 18.5. The van der Waals surface area contributed by atoms with Gasteiger partial charge in [0.2, 0.25) is 0 Å². The number of rotatable bonds is 17. The third-order valence-electron chi connectivity index (χ3n) is 6.35. The van der Waals surface area contributed by atoms with Crippen LogP contribution in [0.1, 0.15) is 111 Å². The Balaban J connectivity index is 1.96. The Hall–Kier alpha value is -0.670. The average Bonchev–Trinajstić information content (AvgIpc) is 3.09. The largest absolute Gasteiger partial charge is 0.345 e. The quantitative estimate of drug-likeness (QED) is 0.172. The van der Waals surface area contributed by atoms with Crippen LogP contribution in [0.5, 0.6) is 0 Å². The highest BCUT2D eigenvalue weighted by Crippen LogP contribution is 2.26. The van der Waals surface area contributed by atoms with Crippen LogP contribution in [0.3, 0.4) is 0 Å². The van der Waals surface area contributed by atoms with Gasteiger partial charge in [0.1, 0.15) is 6.54 Å². The van der Waals surface area contributed by atoms with Crippen molar-refractivity contribution in [1.29, 1.82) is 0 Å². The Morgan fingerprint density at radius 1 is 0.926 bits per heavy atom. The van der Waals surface area contributed by atoms with Crippen LogP contribution >= 0.6 is 0 Å². The molecular formula is C24H47N2O+. The second kappa shape index (κ2) is 15.3. The first-order valence-corrected chi connectivity index (χ1v) is 11.9. The fourth-order valence-corrected chi connectivity index (χ4v) is 4.32. The first kappa shape index (κ1) is 24.4. The van der Waals surface area contributed by atoms with E-state index in [1.165, 1.54) is 77.0 Å². The number of hydrogen-bond donors (Lipinski definition) is 1. The van der Waals surface area contributed by atoms with Crippen molar-refractivity contribution < 1.29 is 9.59 Å². The molecule has 0 bridgehead atoms. The molecule has 3 unspecified atom stereocenters. The van der Waals surface area contributed by atoms with Crippen molar-refractivity contribution in [2.24, 2.45) is 4.99 Å². The summed E-state index contributed by atoms with van der Waals surface area (Å²) < 4.78 is 0.725. The van der Waals surface area contributed by atoms with Crippen molar-refractivity contribution in [3.63, 3.8) is 0 Å². The van der Waals surface area contributed by atoms with Crippen molar-refractivity contribution in [1.82, 2.24) is 0 Å². The smallest absolute Gasteiger partial charge is 0.189 e. The van der Waals surface area contributed by atoms with Crippen molar-refractivity contribution in [3.8, 4) is 0 Å². The summed E-state index contributed by atoms with van der Waals surface area (Å²) in [6.07, 6.45) is 25.4. The molecule has 0 spiro atoms. The van der Waals surface area contributed by atoms with E-state index in [-0.39, 0.29) is 12.4 Å². The van der Waals surface area contributed by atoms with E-state index >= 15 is 0 Å². The molecule has 0 radical (unpaired) electrons. The van der Waals surface area contributed by atoms with Crippen LogP contribution in [-0.4, -0.2) is 41.3 Å². The van der Waals surface area contributed by atoms with E-state index in [0.717, 1.165) is 30.4 Å². The van der Waals surface area contributed by atoms with E-state index in [1.807, 2.05) is 13.1 Å². The number of aliphatic hydroxyl groups is 1. The van der Waals surface area contributed by atoms with Crippen LogP contribution in [0, 0.1) is 0 Å². The molecule has 0 amide bonds. The minimum absolute atomic E-state index is 0.255. The van der Waals surface area contributed by atoms with Gasteiger partial charge < -0.3 is 5.11 Å². The summed E-state index contributed by atoms with van der Waals surface area (Å²) in [6.45, 7) is 8.20. The Morgan fingerprint density at radius 2 is 1.48 bits per heavy atom. The normalized spacial score (nSPS) is 23.5. The third-order valence-corrected chi connectivity index (χ3v) is 6.35.